The first kappa shape index (κ1) is 20.5. The smallest absolute Gasteiger partial charge is 0.337 e. The first-order valence-electron chi connectivity index (χ1n) is 10.2. The van der Waals surface area contributed by atoms with Crippen LogP contribution in [0.4, 0.5) is 0 Å². The Kier molecular flexibility index (Phi) is 4.94. The molecule has 1 atom stereocenters. The van der Waals surface area contributed by atoms with Crippen LogP contribution in [0.5, 0.6) is 17.2 Å². The predicted molar refractivity (Wildman–Crippen MR) is 117 cm³/mol. The molecule has 7 nitrogen and oxygen atoms in total. The monoisotopic (exact) mass is 442 g/mol. The Morgan fingerprint density at radius 2 is 1.85 bits per heavy atom. The van der Waals surface area contributed by atoms with E-state index in [0.29, 0.717) is 39.3 Å². The van der Waals surface area contributed by atoms with E-state index in [-0.39, 0.29) is 23.7 Å². The van der Waals surface area contributed by atoms with Crippen LogP contribution in [0.1, 0.15) is 49.7 Å². The zero-order chi connectivity index (χ0) is 23.1. The van der Waals surface area contributed by atoms with E-state index in [1.165, 1.54) is 7.11 Å². The van der Waals surface area contributed by atoms with Crippen molar-refractivity contribution in [1.82, 2.24) is 0 Å². The molecule has 3 aromatic carbocycles. The van der Waals surface area contributed by atoms with Crippen LogP contribution in [0.15, 0.2) is 66.4 Å². The molecule has 2 aliphatic rings. The topological polar surface area (TPSA) is 99.1 Å². The summed E-state index contributed by atoms with van der Waals surface area (Å²) in [5, 5.41) is 9.93. The molecule has 7 heteroatoms. The van der Waals surface area contributed by atoms with Crippen LogP contribution < -0.4 is 9.47 Å². The second-order valence-corrected chi connectivity index (χ2v) is 7.73. The molecule has 0 spiro atoms. The van der Waals surface area contributed by atoms with Gasteiger partial charge in [0.1, 0.15) is 17.2 Å². The number of phenols is 1. The number of benzene rings is 3. The summed E-state index contributed by atoms with van der Waals surface area (Å²) in [7, 11) is 1.31. The second kappa shape index (κ2) is 7.94. The number of esters is 2. The van der Waals surface area contributed by atoms with Crippen LogP contribution in [-0.2, 0) is 9.53 Å². The molecule has 0 fully saturated rings. The van der Waals surface area contributed by atoms with Crippen molar-refractivity contribution in [3.05, 3.63) is 94.2 Å². The van der Waals surface area contributed by atoms with E-state index >= 15 is 0 Å². The number of ketones is 1. The minimum atomic E-state index is -0.450. The van der Waals surface area contributed by atoms with Gasteiger partial charge in [-0.05, 0) is 53.6 Å². The molecule has 0 bridgehead atoms. The van der Waals surface area contributed by atoms with Gasteiger partial charge in [-0.3, -0.25) is 9.59 Å². The molecule has 0 radical (unpaired) electrons. The number of ether oxygens (including phenoxy) is 3. The van der Waals surface area contributed by atoms with Crippen LogP contribution in [0, 0.1) is 0 Å². The highest BCUT2D eigenvalue weighted by molar-refractivity contribution is 6.15. The molecule has 3 aromatic rings. The van der Waals surface area contributed by atoms with Gasteiger partial charge in [0.15, 0.2) is 5.76 Å². The van der Waals surface area contributed by atoms with Crippen molar-refractivity contribution in [3.8, 4) is 17.2 Å². The number of carbonyl (C=O) groups excluding carboxylic acids is 3. The largest absolute Gasteiger partial charge is 0.508 e. The number of phenolic OH excluding ortho intramolecular Hbond substituents is 1. The van der Waals surface area contributed by atoms with Crippen LogP contribution >= 0.6 is 0 Å². The van der Waals surface area contributed by atoms with Crippen molar-refractivity contribution < 1.29 is 33.7 Å². The third-order valence-corrected chi connectivity index (χ3v) is 5.68. The number of allylic oxidation sites excluding steroid dienone is 1. The summed E-state index contributed by atoms with van der Waals surface area (Å²) in [6.45, 7) is 0. The lowest BCUT2D eigenvalue weighted by atomic mass is 9.84. The molecule has 0 saturated carbocycles. The fourth-order valence-electron chi connectivity index (χ4n) is 4.12. The Hall–Kier alpha value is -4.39. The number of hydrogen-bond donors (Lipinski definition) is 1. The molecular formula is C26H18O7. The zero-order valence-corrected chi connectivity index (χ0v) is 17.5. The van der Waals surface area contributed by atoms with Gasteiger partial charge in [-0.15, -0.1) is 0 Å². The zero-order valence-electron chi connectivity index (χ0n) is 17.5. The van der Waals surface area contributed by atoms with Gasteiger partial charge >= 0.3 is 11.9 Å². The fourth-order valence-corrected chi connectivity index (χ4v) is 4.12. The standard InChI is InChI=1S/C26H18O7/c1-31-26(30)15-7-5-14(6-8-15)11-21-24(29)18-9-10-20-23(25(18)33-21)19(13-22(28)32-20)16-3-2-4-17(27)12-16/h2-12,19,27H,13H2,1H3/b21-11-/t19-/m0/s1. The number of methoxy groups -OCH3 is 1. The minimum absolute atomic E-state index is 0.0541. The van der Waals surface area contributed by atoms with Crippen LogP contribution in [-0.4, -0.2) is 29.9 Å². The second-order valence-electron chi connectivity index (χ2n) is 7.73. The van der Waals surface area contributed by atoms with Crippen molar-refractivity contribution in [3.63, 3.8) is 0 Å². The summed E-state index contributed by atoms with van der Waals surface area (Å²) in [4.78, 5) is 36.9. The molecule has 1 N–H and O–H groups in total. The molecule has 5 rings (SSSR count). The highest BCUT2D eigenvalue weighted by atomic mass is 16.5. The van der Waals surface area contributed by atoms with Gasteiger partial charge in [0, 0.05) is 11.5 Å². The Morgan fingerprint density at radius 3 is 2.58 bits per heavy atom. The van der Waals surface area contributed by atoms with Crippen LogP contribution in [0.2, 0.25) is 0 Å². The molecule has 0 saturated heterocycles. The number of fused-ring (bicyclic) bond motifs is 3. The number of carbonyl (C=O) groups is 3. The lowest BCUT2D eigenvalue weighted by Crippen LogP contribution is -2.21. The maximum Gasteiger partial charge on any atom is 0.337 e. The molecule has 0 amide bonds. The average Bonchev–Trinajstić information content (AvgIpc) is 3.13. The summed E-state index contributed by atoms with van der Waals surface area (Å²) in [5.74, 6) is -0.711. The Bertz CT molecular complexity index is 1340. The third kappa shape index (κ3) is 3.63. The van der Waals surface area contributed by atoms with Crippen molar-refractivity contribution >= 4 is 23.8 Å². The summed E-state index contributed by atoms with van der Waals surface area (Å²) in [5.41, 5.74) is 2.74. The highest BCUT2D eigenvalue weighted by Gasteiger charge is 2.38. The van der Waals surface area contributed by atoms with Gasteiger partial charge in [0.05, 0.1) is 24.7 Å². The molecule has 0 aliphatic carbocycles. The van der Waals surface area contributed by atoms with E-state index in [1.807, 2.05) is 6.07 Å². The van der Waals surface area contributed by atoms with E-state index in [9.17, 15) is 19.5 Å². The molecular weight excluding hydrogens is 424 g/mol. The lowest BCUT2D eigenvalue weighted by molar-refractivity contribution is -0.135. The van der Waals surface area contributed by atoms with E-state index in [0.717, 1.165) is 0 Å². The molecule has 0 unspecified atom stereocenters. The SMILES string of the molecule is COC(=O)c1ccc(/C=C2\Oc3c(ccc4c3[C@H](c3cccc(O)c3)CC(=O)O4)C2=O)cc1. The van der Waals surface area contributed by atoms with Crippen molar-refractivity contribution in [2.75, 3.05) is 7.11 Å². The predicted octanol–water partition coefficient (Wildman–Crippen LogP) is 4.24. The van der Waals surface area contributed by atoms with Crippen molar-refractivity contribution in [2.45, 2.75) is 12.3 Å². The van der Waals surface area contributed by atoms with Gasteiger partial charge in [-0.25, -0.2) is 4.79 Å². The average molecular weight is 442 g/mol. The molecule has 2 aliphatic heterocycles. The number of aromatic hydroxyl groups is 1. The van der Waals surface area contributed by atoms with E-state index < -0.39 is 17.9 Å². The maximum absolute atomic E-state index is 13.1. The van der Waals surface area contributed by atoms with Gasteiger partial charge < -0.3 is 19.3 Å². The van der Waals surface area contributed by atoms with Gasteiger partial charge in [0.25, 0.3) is 0 Å². The number of rotatable bonds is 3. The fraction of sp³-hybridized carbons (Fsp3) is 0.115. The third-order valence-electron chi connectivity index (χ3n) is 5.68. The van der Waals surface area contributed by atoms with Gasteiger partial charge in [0.2, 0.25) is 5.78 Å². The molecule has 164 valence electrons. The number of Topliss-reactive ketones (excluding diaryl/α,β-unsaturated/α-hetero) is 1. The first-order chi connectivity index (χ1) is 15.9. The van der Waals surface area contributed by atoms with Gasteiger partial charge in [-0.2, -0.15) is 0 Å². The molecule has 2 heterocycles. The van der Waals surface area contributed by atoms with Crippen molar-refractivity contribution in [2.24, 2.45) is 0 Å². The Morgan fingerprint density at radius 1 is 1.06 bits per heavy atom. The van der Waals surface area contributed by atoms with E-state index in [2.05, 4.69) is 0 Å². The molecule has 33 heavy (non-hydrogen) atoms. The highest BCUT2D eigenvalue weighted by Crippen LogP contribution is 2.49. The van der Waals surface area contributed by atoms with Crippen LogP contribution in [0.3, 0.4) is 0 Å². The van der Waals surface area contributed by atoms with Crippen LogP contribution in [0.25, 0.3) is 6.08 Å². The number of hydrogen-bond acceptors (Lipinski definition) is 7. The first-order valence-corrected chi connectivity index (χ1v) is 10.2. The lowest BCUT2D eigenvalue weighted by Gasteiger charge is -2.26. The minimum Gasteiger partial charge on any atom is -0.508 e. The van der Waals surface area contributed by atoms with E-state index in [1.54, 1.807) is 60.7 Å². The summed E-state index contributed by atoms with van der Waals surface area (Å²) in [6, 6.07) is 16.4. The van der Waals surface area contributed by atoms with Crippen molar-refractivity contribution in [1.29, 1.82) is 0 Å². The maximum atomic E-state index is 13.1. The Balaban J connectivity index is 1.54. The summed E-state index contributed by atoms with van der Waals surface area (Å²) >= 11 is 0. The summed E-state index contributed by atoms with van der Waals surface area (Å²) < 4.78 is 16.1. The summed E-state index contributed by atoms with van der Waals surface area (Å²) in [6.07, 6.45) is 1.65. The van der Waals surface area contributed by atoms with E-state index in [4.69, 9.17) is 14.2 Å². The quantitative estimate of drug-likeness (QED) is 0.368. The van der Waals surface area contributed by atoms with Gasteiger partial charge in [-0.1, -0.05) is 24.3 Å². The Labute approximate surface area is 188 Å². The normalized spacial score (nSPS) is 17.7. The molecule has 0 aromatic heterocycles.